The Balaban J connectivity index is 1.40. The quantitative estimate of drug-likeness (QED) is 0.392. The molecule has 0 radical (unpaired) electrons. The van der Waals surface area contributed by atoms with Crippen LogP contribution >= 0.6 is 11.6 Å². The average molecular weight is 473 g/mol. The number of benzene rings is 2. The Morgan fingerprint density at radius 1 is 0.970 bits per heavy atom. The van der Waals surface area contributed by atoms with E-state index in [2.05, 4.69) is 4.90 Å². The first-order valence-electron chi connectivity index (χ1n) is 11.4. The van der Waals surface area contributed by atoms with E-state index in [-0.39, 0.29) is 11.9 Å². The maximum absolute atomic E-state index is 13.1. The van der Waals surface area contributed by atoms with Gasteiger partial charge in [0.1, 0.15) is 5.75 Å². The van der Waals surface area contributed by atoms with Crippen LogP contribution in [0.5, 0.6) is 5.75 Å². The molecule has 6 nitrogen and oxygen atoms in total. The lowest BCUT2D eigenvalue weighted by Gasteiger charge is -2.38. The number of nitrogens with zero attached hydrogens (tertiary/aromatic N) is 2. The summed E-state index contributed by atoms with van der Waals surface area (Å²) in [7, 11) is 1.38. The standard InChI is InChI=1S/C26H33ClN2O4/c1-26(2,13-4-18-33-23-11-9-22(27)10-12-23)25(31)29-16-14-28(15-17-29)19-20-5-7-21(8-6-20)24(30)32-3/h5-12H,4,13-19H2,1-3H3. The number of methoxy groups -OCH3 is 1. The fraction of sp³-hybridized carbons (Fsp3) is 0.462. The van der Waals surface area contributed by atoms with E-state index in [0.29, 0.717) is 17.2 Å². The zero-order chi connectivity index (χ0) is 23.8. The molecule has 0 aliphatic carbocycles. The minimum atomic E-state index is -0.421. The van der Waals surface area contributed by atoms with Gasteiger partial charge >= 0.3 is 5.97 Å². The molecule has 0 unspecified atom stereocenters. The van der Waals surface area contributed by atoms with Gasteiger partial charge < -0.3 is 14.4 Å². The first-order chi connectivity index (χ1) is 15.8. The normalized spacial score (nSPS) is 14.7. The molecule has 1 aliphatic heterocycles. The Labute approximate surface area is 201 Å². The fourth-order valence-electron chi connectivity index (χ4n) is 4.00. The number of ether oxygens (including phenoxy) is 2. The van der Waals surface area contributed by atoms with Crippen molar-refractivity contribution in [1.29, 1.82) is 0 Å². The molecule has 0 aromatic heterocycles. The molecule has 0 bridgehead atoms. The van der Waals surface area contributed by atoms with Gasteiger partial charge in [0.2, 0.25) is 5.91 Å². The summed E-state index contributed by atoms with van der Waals surface area (Å²) >= 11 is 5.90. The van der Waals surface area contributed by atoms with Crippen LogP contribution in [0.2, 0.25) is 5.02 Å². The number of carbonyl (C=O) groups is 2. The number of halogens is 1. The molecule has 1 heterocycles. The van der Waals surface area contributed by atoms with Crippen LogP contribution in [0.3, 0.4) is 0 Å². The maximum Gasteiger partial charge on any atom is 0.337 e. The second kappa shape index (κ2) is 11.5. The van der Waals surface area contributed by atoms with Crippen LogP contribution in [0.4, 0.5) is 0 Å². The van der Waals surface area contributed by atoms with Gasteiger partial charge in [-0.2, -0.15) is 0 Å². The zero-order valence-corrected chi connectivity index (χ0v) is 20.4. The number of rotatable bonds is 9. The van der Waals surface area contributed by atoms with E-state index in [1.165, 1.54) is 7.11 Å². The lowest BCUT2D eigenvalue weighted by atomic mass is 9.86. The molecule has 0 spiro atoms. The Hall–Kier alpha value is -2.57. The average Bonchev–Trinajstić information content (AvgIpc) is 2.83. The van der Waals surface area contributed by atoms with Gasteiger partial charge in [-0.15, -0.1) is 0 Å². The van der Waals surface area contributed by atoms with Gasteiger partial charge in [-0.05, 0) is 54.8 Å². The Kier molecular flexibility index (Phi) is 8.75. The summed E-state index contributed by atoms with van der Waals surface area (Å²) in [6, 6.07) is 14.8. The highest BCUT2D eigenvalue weighted by Crippen LogP contribution is 2.27. The van der Waals surface area contributed by atoms with E-state index in [9.17, 15) is 9.59 Å². The number of amides is 1. The number of carbonyl (C=O) groups excluding carboxylic acids is 2. The Morgan fingerprint density at radius 2 is 1.61 bits per heavy atom. The molecule has 1 saturated heterocycles. The molecular formula is C26H33ClN2O4. The number of hydrogen-bond acceptors (Lipinski definition) is 5. The van der Waals surface area contributed by atoms with Gasteiger partial charge in [0.15, 0.2) is 0 Å². The molecule has 2 aromatic rings. The second-order valence-corrected chi connectivity index (χ2v) is 9.48. The van der Waals surface area contributed by atoms with Crippen molar-refractivity contribution in [2.45, 2.75) is 33.2 Å². The van der Waals surface area contributed by atoms with Crippen LogP contribution in [-0.2, 0) is 16.1 Å². The van der Waals surface area contributed by atoms with E-state index in [4.69, 9.17) is 21.1 Å². The maximum atomic E-state index is 13.1. The van der Waals surface area contributed by atoms with E-state index >= 15 is 0 Å². The molecule has 3 rings (SSSR count). The molecule has 1 amide bonds. The Bertz CT molecular complexity index is 920. The van der Waals surface area contributed by atoms with Crippen LogP contribution in [0.1, 0.15) is 42.6 Å². The SMILES string of the molecule is COC(=O)c1ccc(CN2CCN(C(=O)C(C)(C)CCCOc3ccc(Cl)cc3)CC2)cc1. The van der Waals surface area contributed by atoms with Gasteiger partial charge in [0, 0.05) is 43.2 Å². The highest BCUT2D eigenvalue weighted by Gasteiger charge is 2.33. The first kappa shape index (κ1) is 25.1. The van der Waals surface area contributed by atoms with Gasteiger partial charge in [0.05, 0.1) is 19.3 Å². The van der Waals surface area contributed by atoms with Crippen molar-refractivity contribution >= 4 is 23.5 Å². The van der Waals surface area contributed by atoms with Crippen molar-refractivity contribution in [1.82, 2.24) is 9.80 Å². The third-order valence-electron chi connectivity index (χ3n) is 6.05. The highest BCUT2D eigenvalue weighted by molar-refractivity contribution is 6.30. The van der Waals surface area contributed by atoms with E-state index in [1.54, 1.807) is 24.3 Å². The van der Waals surface area contributed by atoms with Crippen molar-refractivity contribution in [2.75, 3.05) is 39.9 Å². The lowest BCUT2D eigenvalue weighted by Crippen LogP contribution is -2.51. The summed E-state index contributed by atoms with van der Waals surface area (Å²) < 4.78 is 10.5. The molecule has 2 aromatic carbocycles. The largest absolute Gasteiger partial charge is 0.494 e. The molecule has 1 fully saturated rings. The number of hydrogen-bond donors (Lipinski definition) is 0. The third-order valence-corrected chi connectivity index (χ3v) is 6.30. The molecule has 0 saturated carbocycles. The zero-order valence-electron chi connectivity index (χ0n) is 19.7. The van der Waals surface area contributed by atoms with Crippen molar-refractivity contribution in [3.8, 4) is 5.75 Å². The number of esters is 1. The predicted molar refractivity (Wildman–Crippen MR) is 130 cm³/mol. The summed E-state index contributed by atoms with van der Waals surface area (Å²) in [6.07, 6.45) is 1.58. The molecule has 7 heteroatoms. The van der Waals surface area contributed by atoms with Crippen LogP contribution in [-0.4, -0.2) is 61.6 Å². The molecule has 1 aliphatic rings. The predicted octanol–water partition coefficient (Wildman–Crippen LogP) is 4.66. The fourth-order valence-corrected chi connectivity index (χ4v) is 4.13. The molecule has 178 valence electrons. The van der Waals surface area contributed by atoms with Crippen molar-refractivity contribution in [2.24, 2.45) is 5.41 Å². The smallest absolute Gasteiger partial charge is 0.337 e. The molecule has 0 N–H and O–H groups in total. The van der Waals surface area contributed by atoms with E-state index in [1.807, 2.05) is 43.0 Å². The highest BCUT2D eigenvalue weighted by atomic mass is 35.5. The van der Waals surface area contributed by atoms with Crippen LogP contribution < -0.4 is 4.74 Å². The van der Waals surface area contributed by atoms with Gasteiger partial charge in [-0.25, -0.2) is 4.79 Å². The summed E-state index contributed by atoms with van der Waals surface area (Å²) in [5.74, 6) is 0.670. The first-order valence-corrected chi connectivity index (χ1v) is 11.7. The summed E-state index contributed by atoms with van der Waals surface area (Å²) in [5.41, 5.74) is 1.27. The molecular weight excluding hydrogens is 440 g/mol. The molecule has 33 heavy (non-hydrogen) atoms. The number of piperazine rings is 1. The topological polar surface area (TPSA) is 59.1 Å². The third kappa shape index (κ3) is 7.21. The van der Waals surface area contributed by atoms with Crippen molar-refractivity contribution in [3.05, 3.63) is 64.7 Å². The van der Waals surface area contributed by atoms with E-state index < -0.39 is 5.41 Å². The van der Waals surface area contributed by atoms with Gasteiger partial charge in [-0.1, -0.05) is 37.6 Å². The Morgan fingerprint density at radius 3 is 2.21 bits per heavy atom. The van der Waals surface area contributed by atoms with Crippen LogP contribution in [0, 0.1) is 5.41 Å². The summed E-state index contributed by atoms with van der Waals surface area (Å²) in [5, 5.41) is 0.686. The van der Waals surface area contributed by atoms with Gasteiger partial charge in [-0.3, -0.25) is 9.69 Å². The summed E-state index contributed by atoms with van der Waals surface area (Å²) in [6.45, 7) is 8.53. The van der Waals surface area contributed by atoms with Crippen molar-refractivity contribution < 1.29 is 19.1 Å². The van der Waals surface area contributed by atoms with E-state index in [0.717, 1.165) is 56.9 Å². The van der Waals surface area contributed by atoms with Crippen molar-refractivity contribution in [3.63, 3.8) is 0 Å². The monoisotopic (exact) mass is 472 g/mol. The molecule has 0 atom stereocenters. The minimum Gasteiger partial charge on any atom is -0.494 e. The summed E-state index contributed by atoms with van der Waals surface area (Å²) in [4.78, 5) is 29.0. The minimum absolute atomic E-state index is 0.205. The lowest BCUT2D eigenvalue weighted by molar-refractivity contribution is -0.142. The second-order valence-electron chi connectivity index (χ2n) is 9.05. The van der Waals surface area contributed by atoms with Crippen LogP contribution in [0.15, 0.2) is 48.5 Å². The van der Waals surface area contributed by atoms with Crippen LogP contribution in [0.25, 0.3) is 0 Å². The van der Waals surface area contributed by atoms with Gasteiger partial charge in [0.25, 0.3) is 0 Å².